The van der Waals surface area contributed by atoms with Crippen LogP contribution in [0.15, 0.2) is 30.3 Å². The first-order valence-corrected chi connectivity index (χ1v) is 7.17. The van der Waals surface area contributed by atoms with Crippen LogP contribution in [0.25, 0.3) is 10.9 Å². The van der Waals surface area contributed by atoms with Crippen LogP contribution in [0.3, 0.4) is 0 Å². The number of hydrogen-bond donors (Lipinski definition) is 2. The molecule has 0 spiro atoms. The maximum atomic E-state index is 3.55. The summed E-state index contributed by atoms with van der Waals surface area (Å²) in [6.07, 6.45) is 1.07. The van der Waals surface area contributed by atoms with Crippen molar-refractivity contribution < 1.29 is 0 Å². The van der Waals surface area contributed by atoms with Gasteiger partial charge >= 0.3 is 0 Å². The molecule has 3 nitrogen and oxygen atoms in total. The third-order valence-electron chi connectivity index (χ3n) is 4.18. The van der Waals surface area contributed by atoms with Crippen molar-refractivity contribution in [1.29, 1.82) is 0 Å². The fourth-order valence-corrected chi connectivity index (χ4v) is 3.08. The number of aromatic amines is 1. The smallest absolute Gasteiger partial charge is 0.0456 e. The van der Waals surface area contributed by atoms with Crippen LogP contribution in [0.5, 0.6) is 0 Å². The van der Waals surface area contributed by atoms with Gasteiger partial charge in [-0.2, -0.15) is 0 Å². The summed E-state index contributed by atoms with van der Waals surface area (Å²) in [6.45, 7) is 9.21. The van der Waals surface area contributed by atoms with Gasteiger partial charge in [0.15, 0.2) is 0 Å². The largest absolute Gasteiger partial charge is 0.358 e. The molecule has 0 unspecified atom stereocenters. The van der Waals surface area contributed by atoms with E-state index in [2.05, 4.69) is 59.4 Å². The maximum absolute atomic E-state index is 3.55. The van der Waals surface area contributed by atoms with Crippen LogP contribution in [-0.4, -0.2) is 41.6 Å². The van der Waals surface area contributed by atoms with Crippen molar-refractivity contribution in [3.05, 3.63) is 36.0 Å². The molecule has 2 aromatic rings. The highest BCUT2D eigenvalue weighted by atomic mass is 15.2. The number of H-pyrrole nitrogens is 1. The average Bonchev–Trinajstić information content (AvgIpc) is 2.81. The molecule has 102 valence electrons. The molecule has 2 N–H and O–H groups in total. The molecular formula is C16H23N3. The summed E-state index contributed by atoms with van der Waals surface area (Å²) in [5, 5.41) is 4.74. The van der Waals surface area contributed by atoms with E-state index in [1.807, 2.05) is 0 Å². The van der Waals surface area contributed by atoms with Crippen LogP contribution in [-0.2, 0) is 6.42 Å². The second-order valence-electron chi connectivity index (χ2n) is 6.11. The SMILES string of the molecule is CC(C)(Cc1cc2ccccc2[nH]1)N1CCNCC1. The monoisotopic (exact) mass is 257 g/mol. The minimum atomic E-state index is 0.211. The predicted molar refractivity (Wildman–Crippen MR) is 80.5 cm³/mol. The van der Waals surface area contributed by atoms with E-state index >= 15 is 0 Å². The Kier molecular flexibility index (Phi) is 3.33. The number of hydrogen-bond acceptors (Lipinski definition) is 2. The average molecular weight is 257 g/mol. The van der Waals surface area contributed by atoms with Gasteiger partial charge in [0.05, 0.1) is 0 Å². The molecule has 19 heavy (non-hydrogen) atoms. The first-order valence-electron chi connectivity index (χ1n) is 7.17. The van der Waals surface area contributed by atoms with E-state index in [1.165, 1.54) is 16.6 Å². The fourth-order valence-electron chi connectivity index (χ4n) is 3.08. The molecule has 1 fully saturated rings. The van der Waals surface area contributed by atoms with E-state index in [-0.39, 0.29) is 5.54 Å². The molecule has 1 saturated heterocycles. The van der Waals surface area contributed by atoms with Crippen LogP contribution in [0, 0.1) is 0 Å². The number of para-hydroxylation sites is 1. The zero-order chi connectivity index (χ0) is 13.3. The summed E-state index contributed by atoms with van der Waals surface area (Å²) >= 11 is 0. The van der Waals surface area contributed by atoms with Crippen molar-refractivity contribution in [1.82, 2.24) is 15.2 Å². The molecule has 0 bridgehead atoms. The Morgan fingerprint density at radius 3 is 2.63 bits per heavy atom. The minimum Gasteiger partial charge on any atom is -0.358 e. The molecule has 2 heterocycles. The molecule has 1 aromatic carbocycles. The lowest BCUT2D eigenvalue weighted by Crippen LogP contribution is -2.54. The van der Waals surface area contributed by atoms with Crippen molar-refractivity contribution in [3.63, 3.8) is 0 Å². The normalized spacial score (nSPS) is 18.0. The van der Waals surface area contributed by atoms with E-state index < -0.39 is 0 Å². The second-order valence-corrected chi connectivity index (χ2v) is 6.11. The Labute approximate surface area is 115 Å². The van der Waals surface area contributed by atoms with Gasteiger partial charge in [-0.15, -0.1) is 0 Å². The van der Waals surface area contributed by atoms with Gasteiger partial charge in [0.1, 0.15) is 0 Å². The van der Waals surface area contributed by atoms with E-state index in [4.69, 9.17) is 0 Å². The van der Waals surface area contributed by atoms with Gasteiger partial charge < -0.3 is 10.3 Å². The second kappa shape index (κ2) is 4.99. The third kappa shape index (κ3) is 2.67. The highest BCUT2D eigenvalue weighted by molar-refractivity contribution is 5.80. The Morgan fingerprint density at radius 1 is 1.16 bits per heavy atom. The molecule has 1 aliphatic rings. The van der Waals surface area contributed by atoms with Crippen LogP contribution < -0.4 is 5.32 Å². The van der Waals surface area contributed by atoms with Crippen molar-refractivity contribution in [3.8, 4) is 0 Å². The molecule has 3 rings (SSSR count). The van der Waals surface area contributed by atoms with Gasteiger partial charge in [0.2, 0.25) is 0 Å². The quantitative estimate of drug-likeness (QED) is 0.884. The number of piperazine rings is 1. The lowest BCUT2D eigenvalue weighted by atomic mass is 9.95. The first kappa shape index (κ1) is 12.7. The highest BCUT2D eigenvalue weighted by Gasteiger charge is 2.28. The fraction of sp³-hybridized carbons (Fsp3) is 0.500. The Hall–Kier alpha value is -1.32. The molecule has 3 heteroatoms. The molecular weight excluding hydrogens is 234 g/mol. The van der Waals surface area contributed by atoms with Gasteiger partial charge in [0, 0.05) is 49.3 Å². The topological polar surface area (TPSA) is 31.1 Å². The van der Waals surface area contributed by atoms with Crippen molar-refractivity contribution >= 4 is 10.9 Å². The summed E-state index contributed by atoms with van der Waals surface area (Å²) in [5.41, 5.74) is 2.79. The summed E-state index contributed by atoms with van der Waals surface area (Å²) in [7, 11) is 0. The lowest BCUT2D eigenvalue weighted by molar-refractivity contribution is 0.103. The molecule has 0 amide bonds. The van der Waals surface area contributed by atoms with Crippen LogP contribution in [0.1, 0.15) is 19.5 Å². The molecule has 0 saturated carbocycles. The number of rotatable bonds is 3. The Morgan fingerprint density at radius 2 is 1.89 bits per heavy atom. The van der Waals surface area contributed by atoms with Gasteiger partial charge in [-0.05, 0) is 31.4 Å². The molecule has 1 aliphatic heterocycles. The van der Waals surface area contributed by atoms with Crippen molar-refractivity contribution in [2.75, 3.05) is 26.2 Å². The number of fused-ring (bicyclic) bond motifs is 1. The van der Waals surface area contributed by atoms with Crippen LogP contribution >= 0.6 is 0 Å². The van der Waals surface area contributed by atoms with E-state index in [0.29, 0.717) is 0 Å². The van der Waals surface area contributed by atoms with Gasteiger partial charge in [-0.25, -0.2) is 0 Å². The van der Waals surface area contributed by atoms with E-state index in [9.17, 15) is 0 Å². The third-order valence-corrected chi connectivity index (χ3v) is 4.18. The molecule has 0 radical (unpaired) electrons. The zero-order valence-corrected chi connectivity index (χ0v) is 11.9. The number of benzene rings is 1. The van der Waals surface area contributed by atoms with Crippen LogP contribution in [0.4, 0.5) is 0 Å². The summed E-state index contributed by atoms with van der Waals surface area (Å²) in [5.74, 6) is 0. The lowest BCUT2D eigenvalue weighted by Gasteiger charge is -2.41. The maximum Gasteiger partial charge on any atom is 0.0456 e. The van der Waals surface area contributed by atoms with Gasteiger partial charge in [-0.3, -0.25) is 4.90 Å². The molecule has 0 atom stereocenters. The Balaban J connectivity index is 1.78. The predicted octanol–water partition coefficient (Wildman–Crippen LogP) is 2.39. The molecule has 0 aliphatic carbocycles. The van der Waals surface area contributed by atoms with E-state index in [1.54, 1.807) is 0 Å². The number of nitrogens with zero attached hydrogens (tertiary/aromatic N) is 1. The highest BCUT2D eigenvalue weighted by Crippen LogP contribution is 2.23. The van der Waals surface area contributed by atoms with E-state index in [0.717, 1.165) is 32.6 Å². The summed E-state index contributed by atoms with van der Waals surface area (Å²) < 4.78 is 0. The standard InChI is InChI=1S/C16H23N3/c1-16(2,19-9-7-17-8-10-19)12-14-11-13-5-3-4-6-15(13)18-14/h3-6,11,17-18H,7-10,12H2,1-2H3. The summed E-state index contributed by atoms with van der Waals surface area (Å²) in [4.78, 5) is 6.14. The number of nitrogens with one attached hydrogen (secondary N) is 2. The van der Waals surface area contributed by atoms with Crippen molar-refractivity contribution in [2.45, 2.75) is 25.8 Å². The molecule has 1 aromatic heterocycles. The zero-order valence-electron chi connectivity index (χ0n) is 11.9. The van der Waals surface area contributed by atoms with Gasteiger partial charge in [0.25, 0.3) is 0 Å². The van der Waals surface area contributed by atoms with Crippen molar-refractivity contribution in [2.24, 2.45) is 0 Å². The Bertz CT molecular complexity index is 517. The minimum absolute atomic E-state index is 0.211. The summed E-state index contributed by atoms with van der Waals surface area (Å²) in [6, 6.07) is 10.8. The first-order chi connectivity index (χ1) is 9.15. The van der Waals surface area contributed by atoms with Gasteiger partial charge in [-0.1, -0.05) is 18.2 Å². The van der Waals surface area contributed by atoms with Crippen LogP contribution in [0.2, 0.25) is 0 Å². The number of aromatic nitrogens is 1.